The van der Waals surface area contributed by atoms with Crippen LogP contribution in [0.1, 0.15) is 50.7 Å². The number of hydrogen-bond acceptors (Lipinski definition) is 8. The van der Waals surface area contributed by atoms with Gasteiger partial charge in [0.1, 0.15) is 18.8 Å². The van der Waals surface area contributed by atoms with Crippen molar-refractivity contribution >= 4 is 6.09 Å². The maximum Gasteiger partial charge on any atom is 0.410 e. The summed E-state index contributed by atoms with van der Waals surface area (Å²) in [5, 5.41) is 21.1. The highest BCUT2D eigenvalue weighted by molar-refractivity contribution is 5.68. The second kappa shape index (κ2) is 13.7. The van der Waals surface area contributed by atoms with Gasteiger partial charge in [0.2, 0.25) is 0 Å². The van der Waals surface area contributed by atoms with E-state index in [1.54, 1.807) is 4.90 Å². The molecular weight excluding hydrogens is 498 g/mol. The van der Waals surface area contributed by atoms with Crippen molar-refractivity contribution in [1.29, 1.82) is 0 Å². The van der Waals surface area contributed by atoms with Gasteiger partial charge in [-0.15, -0.1) is 0 Å². The Morgan fingerprint density at radius 3 is 2.28 bits per heavy atom. The van der Waals surface area contributed by atoms with E-state index in [1.165, 1.54) is 0 Å². The Morgan fingerprint density at radius 1 is 1.00 bits per heavy atom. The third-order valence-electron chi connectivity index (χ3n) is 7.95. The molecule has 2 aliphatic rings. The first-order valence-electron chi connectivity index (χ1n) is 14.0. The minimum Gasteiger partial charge on any atom is -0.445 e. The van der Waals surface area contributed by atoms with Gasteiger partial charge < -0.3 is 35.9 Å². The van der Waals surface area contributed by atoms with E-state index in [2.05, 4.69) is 0 Å². The number of rotatable bonds is 9. The summed E-state index contributed by atoms with van der Waals surface area (Å²) in [5.74, 6) is -0.138. The molecule has 39 heavy (non-hydrogen) atoms. The molecular formula is C30H43N3O6. The Balaban J connectivity index is 1.50. The first-order valence-corrected chi connectivity index (χ1v) is 14.0. The summed E-state index contributed by atoms with van der Waals surface area (Å²) in [6.45, 7) is 4.40. The number of ether oxygens (including phenoxy) is 3. The van der Waals surface area contributed by atoms with E-state index in [-0.39, 0.29) is 24.7 Å². The predicted molar refractivity (Wildman–Crippen MR) is 147 cm³/mol. The molecule has 1 aliphatic carbocycles. The molecule has 0 unspecified atom stereocenters. The number of aliphatic hydroxyl groups is 2. The van der Waals surface area contributed by atoms with E-state index >= 15 is 0 Å². The molecule has 1 saturated heterocycles. The van der Waals surface area contributed by atoms with Gasteiger partial charge in [-0.25, -0.2) is 4.79 Å². The molecule has 2 fully saturated rings. The van der Waals surface area contributed by atoms with Crippen LogP contribution >= 0.6 is 0 Å². The van der Waals surface area contributed by atoms with Crippen molar-refractivity contribution in [3.8, 4) is 0 Å². The highest BCUT2D eigenvalue weighted by Crippen LogP contribution is 2.32. The van der Waals surface area contributed by atoms with Gasteiger partial charge in [-0.1, -0.05) is 74.5 Å². The van der Waals surface area contributed by atoms with Crippen LogP contribution in [0.25, 0.3) is 0 Å². The topological polar surface area (TPSA) is 140 Å². The quantitative estimate of drug-likeness (QED) is 0.380. The number of benzene rings is 2. The van der Waals surface area contributed by atoms with Crippen LogP contribution in [0.4, 0.5) is 4.79 Å². The first kappa shape index (κ1) is 29.5. The monoisotopic (exact) mass is 541 g/mol. The molecule has 9 nitrogen and oxygen atoms in total. The predicted octanol–water partition coefficient (Wildman–Crippen LogP) is 2.91. The standard InChI is InChI=1S/C30H43N3O6/c1-3-24(25-15-14-22(31)29(38-25)39-28-23(32)16-19(2)26(34)27(28)35)33(17-20-10-6-4-7-11-20)30(36)37-18-21-12-8-5-9-13-21/h4-13,19,22-29,34-35H,3,14-18,31-32H2,1-2H3/t19-,22-,23+,24+,25+,26+,27-,28-,29-/m1/s1. The van der Waals surface area contributed by atoms with E-state index in [0.717, 1.165) is 11.1 Å². The molecule has 0 aromatic heterocycles. The summed E-state index contributed by atoms with van der Waals surface area (Å²) in [7, 11) is 0. The number of nitrogens with zero attached hydrogens (tertiary/aromatic N) is 1. The van der Waals surface area contributed by atoms with Gasteiger partial charge in [0.15, 0.2) is 6.29 Å². The highest BCUT2D eigenvalue weighted by Gasteiger charge is 2.45. The summed E-state index contributed by atoms with van der Waals surface area (Å²) < 4.78 is 18.3. The maximum atomic E-state index is 13.5. The molecule has 9 atom stereocenters. The zero-order valence-corrected chi connectivity index (χ0v) is 22.8. The molecule has 1 saturated carbocycles. The van der Waals surface area contributed by atoms with E-state index < -0.39 is 42.8 Å². The van der Waals surface area contributed by atoms with Gasteiger partial charge in [-0.3, -0.25) is 4.90 Å². The van der Waals surface area contributed by atoms with Crippen molar-refractivity contribution in [1.82, 2.24) is 4.90 Å². The Hall–Kier alpha value is -2.53. The molecule has 2 aromatic carbocycles. The van der Waals surface area contributed by atoms with Gasteiger partial charge in [-0.05, 0) is 42.7 Å². The summed E-state index contributed by atoms with van der Waals surface area (Å²) >= 11 is 0. The molecule has 1 aliphatic heterocycles. The van der Waals surface area contributed by atoms with Gasteiger partial charge in [0.25, 0.3) is 0 Å². The molecule has 0 spiro atoms. The number of nitrogens with two attached hydrogens (primary N) is 2. The number of aliphatic hydroxyl groups excluding tert-OH is 2. The van der Waals surface area contributed by atoms with E-state index in [9.17, 15) is 15.0 Å². The Bertz CT molecular complexity index is 1030. The van der Waals surface area contributed by atoms with Gasteiger partial charge >= 0.3 is 6.09 Å². The third kappa shape index (κ3) is 7.36. The van der Waals surface area contributed by atoms with Crippen LogP contribution < -0.4 is 11.5 Å². The second-order valence-corrected chi connectivity index (χ2v) is 10.9. The molecule has 1 amide bonds. The van der Waals surface area contributed by atoms with Crippen molar-refractivity contribution in [2.75, 3.05) is 0 Å². The average molecular weight is 542 g/mol. The number of hydrogen-bond donors (Lipinski definition) is 4. The fourth-order valence-corrected chi connectivity index (χ4v) is 5.66. The van der Waals surface area contributed by atoms with Crippen LogP contribution in [0.15, 0.2) is 60.7 Å². The number of amides is 1. The fourth-order valence-electron chi connectivity index (χ4n) is 5.66. The minimum absolute atomic E-state index is 0.138. The number of carbonyl (C=O) groups excluding carboxylic acids is 1. The molecule has 6 N–H and O–H groups in total. The van der Waals surface area contributed by atoms with Crippen molar-refractivity contribution in [3.63, 3.8) is 0 Å². The summed E-state index contributed by atoms with van der Waals surface area (Å²) in [4.78, 5) is 15.2. The van der Waals surface area contributed by atoms with E-state index in [0.29, 0.717) is 32.2 Å². The normalized spacial score (nSPS) is 31.8. The molecule has 1 heterocycles. The average Bonchev–Trinajstić information content (AvgIpc) is 2.95. The Kier molecular flexibility index (Phi) is 10.3. The lowest BCUT2D eigenvalue weighted by molar-refractivity contribution is -0.262. The second-order valence-electron chi connectivity index (χ2n) is 10.9. The Morgan fingerprint density at radius 2 is 1.64 bits per heavy atom. The van der Waals surface area contributed by atoms with Gasteiger partial charge in [0.05, 0.1) is 24.3 Å². The maximum absolute atomic E-state index is 13.5. The van der Waals surface area contributed by atoms with E-state index in [1.807, 2.05) is 74.5 Å². The highest BCUT2D eigenvalue weighted by atomic mass is 16.7. The zero-order chi connectivity index (χ0) is 27.9. The lowest BCUT2D eigenvalue weighted by Gasteiger charge is -2.45. The molecule has 4 rings (SSSR count). The van der Waals surface area contributed by atoms with Crippen LogP contribution in [0.3, 0.4) is 0 Å². The largest absolute Gasteiger partial charge is 0.445 e. The van der Waals surface area contributed by atoms with Crippen LogP contribution in [-0.4, -0.2) is 70.0 Å². The van der Waals surface area contributed by atoms with Crippen molar-refractivity contribution < 1.29 is 29.2 Å². The van der Waals surface area contributed by atoms with Crippen molar-refractivity contribution in [2.24, 2.45) is 17.4 Å². The molecule has 2 aromatic rings. The zero-order valence-electron chi connectivity index (χ0n) is 22.8. The van der Waals surface area contributed by atoms with Crippen LogP contribution in [0.5, 0.6) is 0 Å². The molecule has 0 bridgehead atoms. The SMILES string of the molecule is CC[C@@H]([C@@H]1CC[C@@H](N)[C@@H](O[C@H]2[C@H](O)[C@@H](O)[C@H](C)C[C@@H]2N)O1)N(Cc1ccccc1)C(=O)OCc1ccccc1. The van der Waals surface area contributed by atoms with Crippen LogP contribution in [0.2, 0.25) is 0 Å². The molecule has 0 radical (unpaired) electrons. The van der Waals surface area contributed by atoms with Gasteiger partial charge in [-0.2, -0.15) is 0 Å². The Labute approximate surface area is 231 Å². The minimum atomic E-state index is -1.13. The lowest BCUT2D eigenvalue weighted by Crippen LogP contribution is -2.61. The number of carbonyl (C=O) groups is 1. The molecule has 214 valence electrons. The third-order valence-corrected chi connectivity index (χ3v) is 7.95. The summed E-state index contributed by atoms with van der Waals surface area (Å²) in [6, 6.07) is 18.2. The fraction of sp³-hybridized carbons (Fsp3) is 0.567. The smallest absolute Gasteiger partial charge is 0.410 e. The first-order chi connectivity index (χ1) is 18.8. The van der Waals surface area contributed by atoms with Crippen molar-refractivity contribution in [2.45, 2.75) is 102 Å². The van der Waals surface area contributed by atoms with Gasteiger partial charge in [0, 0.05) is 12.6 Å². The van der Waals surface area contributed by atoms with Crippen LogP contribution in [0, 0.1) is 5.92 Å². The molecule has 9 heteroatoms. The summed E-state index contributed by atoms with van der Waals surface area (Å²) in [5.41, 5.74) is 14.6. The van der Waals surface area contributed by atoms with E-state index in [4.69, 9.17) is 25.7 Å². The van der Waals surface area contributed by atoms with Crippen molar-refractivity contribution in [3.05, 3.63) is 71.8 Å². The van der Waals surface area contributed by atoms with Crippen LogP contribution in [-0.2, 0) is 27.4 Å². The lowest BCUT2D eigenvalue weighted by atomic mass is 9.81. The summed E-state index contributed by atoms with van der Waals surface area (Å²) in [6.07, 6.45) is -2.10.